The first-order chi connectivity index (χ1) is 13.4. The van der Waals surface area contributed by atoms with Gasteiger partial charge in [-0.05, 0) is 59.9 Å². The van der Waals surface area contributed by atoms with Crippen LogP contribution in [0.5, 0.6) is 17.2 Å². The van der Waals surface area contributed by atoms with E-state index in [1.54, 1.807) is 18.2 Å². The van der Waals surface area contributed by atoms with Gasteiger partial charge < -0.3 is 15.3 Å². The van der Waals surface area contributed by atoms with Crippen LogP contribution in [0.2, 0.25) is 0 Å². The number of hydrogen-bond acceptors (Lipinski definition) is 3. The number of phenols is 3. The lowest BCUT2D eigenvalue weighted by Gasteiger charge is -2.31. The highest BCUT2D eigenvalue weighted by atomic mass is 16.3. The number of aryl methyl sites for hydroxylation is 2. The second-order valence-corrected chi connectivity index (χ2v) is 8.98. The van der Waals surface area contributed by atoms with Crippen LogP contribution in [0.1, 0.15) is 61.1 Å². The minimum absolute atomic E-state index is 0.252. The van der Waals surface area contributed by atoms with E-state index in [9.17, 15) is 15.3 Å². The fourth-order valence-electron chi connectivity index (χ4n) is 3.84. The van der Waals surface area contributed by atoms with Crippen LogP contribution in [0.3, 0.4) is 0 Å². The predicted molar refractivity (Wildman–Crippen MR) is 118 cm³/mol. The van der Waals surface area contributed by atoms with Crippen LogP contribution in [-0.4, -0.2) is 15.3 Å². The zero-order valence-corrected chi connectivity index (χ0v) is 18.0. The fraction of sp³-hybridized carbons (Fsp3) is 0.308. The van der Waals surface area contributed by atoms with Crippen molar-refractivity contribution in [2.45, 2.75) is 52.4 Å². The van der Waals surface area contributed by atoms with Gasteiger partial charge in [-0.1, -0.05) is 64.1 Å². The standard InChI is InChI=1S/C26H30O3/c1-16-13-18(7-10-22(16)27)25(3,4)20-9-12-24(29)21(15-20)26(5,6)19-8-11-23(28)17(2)14-19/h7-15,27-29H,1-6H3. The Hall–Kier alpha value is -2.94. The summed E-state index contributed by atoms with van der Waals surface area (Å²) in [6.07, 6.45) is 0. The van der Waals surface area contributed by atoms with Gasteiger partial charge >= 0.3 is 0 Å². The second-order valence-electron chi connectivity index (χ2n) is 8.98. The predicted octanol–water partition coefficient (Wildman–Crippen LogP) is 6.07. The Morgan fingerprint density at radius 3 is 1.34 bits per heavy atom. The van der Waals surface area contributed by atoms with Gasteiger partial charge in [0.1, 0.15) is 17.2 Å². The van der Waals surface area contributed by atoms with Crippen LogP contribution in [0.15, 0.2) is 54.6 Å². The summed E-state index contributed by atoms with van der Waals surface area (Å²) in [4.78, 5) is 0. The van der Waals surface area contributed by atoms with Gasteiger partial charge in [-0.15, -0.1) is 0 Å². The maximum absolute atomic E-state index is 10.7. The van der Waals surface area contributed by atoms with Crippen molar-refractivity contribution in [2.75, 3.05) is 0 Å². The summed E-state index contributed by atoms with van der Waals surface area (Å²) in [5.74, 6) is 0.813. The maximum atomic E-state index is 10.7. The van der Waals surface area contributed by atoms with E-state index in [2.05, 4.69) is 33.8 Å². The van der Waals surface area contributed by atoms with Crippen molar-refractivity contribution >= 4 is 0 Å². The molecule has 0 aromatic heterocycles. The summed E-state index contributed by atoms with van der Waals surface area (Å²) >= 11 is 0. The van der Waals surface area contributed by atoms with Crippen molar-refractivity contribution in [2.24, 2.45) is 0 Å². The normalized spacial score (nSPS) is 12.2. The van der Waals surface area contributed by atoms with Crippen LogP contribution < -0.4 is 0 Å². The van der Waals surface area contributed by atoms with Crippen molar-refractivity contribution < 1.29 is 15.3 Å². The fourth-order valence-corrected chi connectivity index (χ4v) is 3.84. The van der Waals surface area contributed by atoms with Crippen LogP contribution in [0.4, 0.5) is 0 Å². The maximum Gasteiger partial charge on any atom is 0.119 e. The number of hydrogen-bond donors (Lipinski definition) is 3. The third-order valence-electron chi connectivity index (χ3n) is 6.23. The van der Waals surface area contributed by atoms with E-state index in [0.717, 1.165) is 33.4 Å². The molecule has 0 aliphatic rings. The average Bonchev–Trinajstić information content (AvgIpc) is 2.66. The number of aromatic hydroxyl groups is 3. The van der Waals surface area contributed by atoms with Gasteiger partial charge in [-0.3, -0.25) is 0 Å². The molecule has 0 amide bonds. The quantitative estimate of drug-likeness (QED) is 0.506. The van der Waals surface area contributed by atoms with Gasteiger partial charge in [0, 0.05) is 16.4 Å². The van der Waals surface area contributed by atoms with E-state index >= 15 is 0 Å². The lowest BCUT2D eigenvalue weighted by Crippen LogP contribution is -2.23. The zero-order chi connectivity index (χ0) is 21.6. The van der Waals surface area contributed by atoms with Crippen LogP contribution >= 0.6 is 0 Å². The molecule has 3 heteroatoms. The Morgan fingerprint density at radius 2 is 0.897 bits per heavy atom. The van der Waals surface area contributed by atoms with Gasteiger partial charge in [0.15, 0.2) is 0 Å². The topological polar surface area (TPSA) is 60.7 Å². The molecule has 3 aromatic carbocycles. The molecule has 29 heavy (non-hydrogen) atoms. The van der Waals surface area contributed by atoms with Gasteiger partial charge in [0.05, 0.1) is 0 Å². The monoisotopic (exact) mass is 390 g/mol. The smallest absolute Gasteiger partial charge is 0.119 e. The lowest BCUT2D eigenvalue weighted by atomic mass is 9.72. The minimum atomic E-state index is -0.445. The van der Waals surface area contributed by atoms with E-state index in [1.807, 2.05) is 44.2 Å². The molecule has 3 nitrogen and oxygen atoms in total. The van der Waals surface area contributed by atoms with Crippen LogP contribution in [0.25, 0.3) is 0 Å². The largest absolute Gasteiger partial charge is 0.508 e. The molecule has 0 radical (unpaired) electrons. The highest BCUT2D eigenvalue weighted by Crippen LogP contribution is 2.42. The van der Waals surface area contributed by atoms with Crippen molar-refractivity contribution in [1.82, 2.24) is 0 Å². The van der Waals surface area contributed by atoms with Gasteiger partial charge in [0.2, 0.25) is 0 Å². The van der Waals surface area contributed by atoms with E-state index < -0.39 is 5.41 Å². The Kier molecular flexibility index (Phi) is 5.12. The molecule has 3 N–H and O–H groups in total. The molecular formula is C26H30O3. The molecule has 0 bridgehead atoms. The van der Waals surface area contributed by atoms with Crippen LogP contribution in [0, 0.1) is 13.8 Å². The zero-order valence-electron chi connectivity index (χ0n) is 18.0. The van der Waals surface area contributed by atoms with Crippen molar-refractivity contribution in [3.8, 4) is 17.2 Å². The molecule has 3 aromatic rings. The molecule has 0 aliphatic heterocycles. The lowest BCUT2D eigenvalue weighted by molar-refractivity contribution is 0.451. The highest BCUT2D eigenvalue weighted by Gasteiger charge is 2.30. The molecule has 152 valence electrons. The van der Waals surface area contributed by atoms with Crippen molar-refractivity contribution in [3.63, 3.8) is 0 Å². The van der Waals surface area contributed by atoms with Gasteiger partial charge in [0.25, 0.3) is 0 Å². The van der Waals surface area contributed by atoms with E-state index in [0.29, 0.717) is 5.75 Å². The van der Waals surface area contributed by atoms with E-state index in [4.69, 9.17) is 0 Å². The molecular weight excluding hydrogens is 360 g/mol. The molecule has 0 aliphatic carbocycles. The molecule has 0 fully saturated rings. The molecule has 0 heterocycles. The Bertz CT molecular complexity index is 1060. The number of benzene rings is 3. The summed E-state index contributed by atoms with van der Waals surface area (Å²) in [6, 6.07) is 17.1. The van der Waals surface area contributed by atoms with Gasteiger partial charge in [-0.2, -0.15) is 0 Å². The Labute approximate surface area is 173 Å². The molecule has 0 saturated heterocycles. The molecule has 0 saturated carbocycles. The van der Waals surface area contributed by atoms with Crippen LogP contribution in [-0.2, 0) is 10.8 Å². The van der Waals surface area contributed by atoms with Crippen molar-refractivity contribution in [1.29, 1.82) is 0 Å². The third kappa shape index (κ3) is 3.69. The molecule has 0 spiro atoms. The number of rotatable bonds is 4. The second kappa shape index (κ2) is 7.14. The first-order valence-electron chi connectivity index (χ1n) is 9.88. The summed E-state index contributed by atoms with van der Waals surface area (Å²) in [6.45, 7) is 12.2. The third-order valence-corrected chi connectivity index (χ3v) is 6.23. The Morgan fingerprint density at radius 1 is 0.517 bits per heavy atom. The summed E-state index contributed by atoms with van der Waals surface area (Å²) in [5.41, 5.74) is 4.95. The molecule has 3 rings (SSSR count). The molecule has 0 unspecified atom stereocenters. The summed E-state index contributed by atoms with van der Waals surface area (Å²) in [5, 5.41) is 30.5. The number of phenolic OH excluding ortho intramolecular Hbond substituents is 3. The minimum Gasteiger partial charge on any atom is -0.508 e. The van der Waals surface area contributed by atoms with E-state index in [1.165, 1.54) is 0 Å². The first-order valence-corrected chi connectivity index (χ1v) is 9.88. The Balaban J connectivity index is 2.11. The summed E-state index contributed by atoms with van der Waals surface area (Å²) < 4.78 is 0. The summed E-state index contributed by atoms with van der Waals surface area (Å²) in [7, 11) is 0. The average molecular weight is 391 g/mol. The van der Waals surface area contributed by atoms with E-state index in [-0.39, 0.29) is 16.9 Å². The van der Waals surface area contributed by atoms with Crippen molar-refractivity contribution in [3.05, 3.63) is 88.0 Å². The van der Waals surface area contributed by atoms with Gasteiger partial charge in [-0.25, -0.2) is 0 Å². The molecule has 0 atom stereocenters. The first kappa shape index (κ1) is 20.8. The highest BCUT2D eigenvalue weighted by molar-refractivity contribution is 5.52. The SMILES string of the molecule is Cc1cc(C(C)(C)c2ccc(O)c(C(C)(C)c3ccc(O)c(C)c3)c2)ccc1O.